The van der Waals surface area contributed by atoms with Crippen LogP contribution in [0.3, 0.4) is 0 Å². The Morgan fingerprint density at radius 3 is 2.39 bits per heavy atom. The highest BCUT2D eigenvalue weighted by atomic mass is 16.5. The van der Waals surface area contributed by atoms with Crippen LogP contribution >= 0.6 is 0 Å². The second kappa shape index (κ2) is 9.04. The van der Waals surface area contributed by atoms with Gasteiger partial charge in [-0.2, -0.15) is 0 Å². The molecule has 0 aliphatic carbocycles. The average molecular weight is 413 g/mol. The third kappa shape index (κ3) is 4.01. The normalized spacial score (nSPS) is 23.6. The van der Waals surface area contributed by atoms with Gasteiger partial charge in [0, 0.05) is 25.6 Å². The van der Waals surface area contributed by atoms with Crippen LogP contribution in [0.4, 0.5) is 0 Å². The number of nitrogens with zero attached hydrogens (tertiary/aromatic N) is 1. The zero-order valence-corrected chi connectivity index (χ0v) is 17.6. The maximum atomic E-state index is 13.8. The van der Waals surface area contributed by atoms with Crippen LogP contribution in [0.1, 0.15) is 23.1 Å². The van der Waals surface area contributed by atoms with Crippen LogP contribution < -0.4 is 5.32 Å². The number of hydrogen-bond donors (Lipinski definition) is 1. The molecule has 4 nitrogen and oxygen atoms in total. The summed E-state index contributed by atoms with van der Waals surface area (Å²) in [6.07, 6.45) is 0. The number of carbonyl (C=O) groups is 1. The smallest absolute Gasteiger partial charge is 0.228 e. The molecule has 1 N–H and O–H groups in total. The highest BCUT2D eigenvalue weighted by Gasteiger charge is 2.40. The summed E-state index contributed by atoms with van der Waals surface area (Å²) >= 11 is 0. The van der Waals surface area contributed by atoms with E-state index in [9.17, 15) is 4.79 Å². The molecule has 31 heavy (non-hydrogen) atoms. The largest absolute Gasteiger partial charge is 0.377 e. The van der Waals surface area contributed by atoms with Gasteiger partial charge in [-0.25, -0.2) is 0 Å². The van der Waals surface area contributed by atoms with Crippen LogP contribution in [0.5, 0.6) is 0 Å². The average Bonchev–Trinajstić information content (AvgIpc) is 3.34. The highest BCUT2D eigenvalue weighted by Crippen LogP contribution is 2.37. The van der Waals surface area contributed by atoms with E-state index in [1.165, 1.54) is 16.7 Å². The minimum absolute atomic E-state index is 0.0203. The maximum Gasteiger partial charge on any atom is 0.228 e. The lowest BCUT2D eigenvalue weighted by molar-refractivity contribution is -0.144. The summed E-state index contributed by atoms with van der Waals surface area (Å²) < 4.78 is 5.76. The molecule has 0 radical (unpaired) electrons. The van der Waals surface area contributed by atoms with Gasteiger partial charge < -0.3 is 15.0 Å². The van der Waals surface area contributed by atoms with E-state index in [2.05, 4.69) is 70.9 Å². The van der Waals surface area contributed by atoms with Crippen molar-refractivity contribution in [3.63, 3.8) is 0 Å². The Kier molecular flexibility index (Phi) is 5.83. The number of morpholine rings is 1. The van der Waals surface area contributed by atoms with Crippen LogP contribution in [0, 0.1) is 5.92 Å². The Labute approximate surface area is 183 Å². The van der Waals surface area contributed by atoms with Gasteiger partial charge in [-0.3, -0.25) is 4.79 Å². The van der Waals surface area contributed by atoms with E-state index in [1.54, 1.807) is 0 Å². The van der Waals surface area contributed by atoms with Gasteiger partial charge in [0.25, 0.3) is 0 Å². The fraction of sp³-hybridized carbons (Fsp3) is 0.296. The summed E-state index contributed by atoms with van der Waals surface area (Å²) in [5.41, 5.74) is 4.81. The number of benzene rings is 3. The molecule has 1 amide bonds. The van der Waals surface area contributed by atoms with E-state index in [1.807, 2.05) is 24.3 Å². The standard InChI is InChI=1S/C27H28N2O2/c30-27(29-15-16-31-19-26(29)21-11-5-2-6-12-21)25-18-28-17-24(25)23-14-8-7-13-22(23)20-9-3-1-4-10-20/h1-14,24-26,28H,15-19H2/t24-,25+,26+/m0/s1. The van der Waals surface area contributed by atoms with Gasteiger partial charge in [0.15, 0.2) is 0 Å². The summed E-state index contributed by atoms with van der Waals surface area (Å²) in [6.45, 7) is 3.33. The van der Waals surface area contributed by atoms with Gasteiger partial charge in [-0.05, 0) is 22.3 Å². The second-order valence-electron chi connectivity index (χ2n) is 8.36. The predicted molar refractivity (Wildman–Crippen MR) is 123 cm³/mol. The van der Waals surface area contributed by atoms with Crippen LogP contribution in [0.25, 0.3) is 11.1 Å². The first-order valence-electron chi connectivity index (χ1n) is 11.1. The zero-order valence-electron chi connectivity index (χ0n) is 17.6. The summed E-state index contributed by atoms with van der Waals surface area (Å²) in [4.78, 5) is 15.9. The van der Waals surface area contributed by atoms with E-state index < -0.39 is 0 Å². The van der Waals surface area contributed by atoms with Crippen molar-refractivity contribution in [1.29, 1.82) is 0 Å². The van der Waals surface area contributed by atoms with Crippen molar-refractivity contribution in [2.24, 2.45) is 5.92 Å². The quantitative estimate of drug-likeness (QED) is 0.696. The maximum absolute atomic E-state index is 13.8. The summed E-state index contributed by atoms with van der Waals surface area (Å²) in [5.74, 6) is 0.312. The molecule has 2 heterocycles. The van der Waals surface area contributed by atoms with Crippen molar-refractivity contribution in [2.75, 3.05) is 32.8 Å². The second-order valence-corrected chi connectivity index (χ2v) is 8.36. The van der Waals surface area contributed by atoms with E-state index in [0.717, 1.165) is 12.1 Å². The molecule has 3 atom stereocenters. The van der Waals surface area contributed by atoms with E-state index >= 15 is 0 Å². The summed E-state index contributed by atoms with van der Waals surface area (Å²) in [6, 6.07) is 29.2. The molecule has 0 spiro atoms. The Balaban J connectivity index is 1.45. The van der Waals surface area contributed by atoms with Crippen LogP contribution in [0.2, 0.25) is 0 Å². The van der Waals surface area contributed by atoms with Crippen LogP contribution in [0.15, 0.2) is 84.9 Å². The van der Waals surface area contributed by atoms with Crippen LogP contribution in [-0.2, 0) is 9.53 Å². The molecule has 0 bridgehead atoms. The predicted octanol–water partition coefficient (Wildman–Crippen LogP) is 4.26. The molecular formula is C27H28N2O2. The van der Waals surface area contributed by atoms with Crippen molar-refractivity contribution in [3.05, 3.63) is 96.1 Å². The van der Waals surface area contributed by atoms with Gasteiger partial charge in [-0.15, -0.1) is 0 Å². The molecule has 158 valence electrons. The summed E-state index contributed by atoms with van der Waals surface area (Å²) in [5, 5.41) is 3.50. The Morgan fingerprint density at radius 1 is 0.871 bits per heavy atom. The number of hydrogen-bond acceptors (Lipinski definition) is 3. The highest BCUT2D eigenvalue weighted by molar-refractivity contribution is 5.82. The van der Waals surface area contributed by atoms with Crippen molar-refractivity contribution in [2.45, 2.75) is 12.0 Å². The third-order valence-corrected chi connectivity index (χ3v) is 6.57. The molecule has 3 aromatic rings. The molecule has 4 heteroatoms. The Morgan fingerprint density at radius 2 is 1.58 bits per heavy atom. The monoisotopic (exact) mass is 412 g/mol. The Bertz CT molecular complexity index is 1020. The molecular weight excluding hydrogens is 384 g/mol. The van der Waals surface area contributed by atoms with Crippen molar-refractivity contribution in [3.8, 4) is 11.1 Å². The molecule has 3 aromatic carbocycles. The minimum Gasteiger partial charge on any atom is -0.377 e. The van der Waals surface area contributed by atoms with Gasteiger partial charge in [0.1, 0.15) is 0 Å². The van der Waals surface area contributed by atoms with Crippen molar-refractivity contribution < 1.29 is 9.53 Å². The molecule has 0 aromatic heterocycles. The van der Waals surface area contributed by atoms with Gasteiger partial charge in [0.2, 0.25) is 5.91 Å². The lowest BCUT2D eigenvalue weighted by Gasteiger charge is -2.38. The molecule has 5 rings (SSSR count). The SMILES string of the molecule is O=C([C@@H]1CNC[C@H]1c1ccccc1-c1ccccc1)N1CCOC[C@@H]1c1ccccc1. The zero-order chi connectivity index (χ0) is 21.0. The van der Waals surface area contributed by atoms with E-state index in [4.69, 9.17) is 4.74 Å². The van der Waals surface area contributed by atoms with Gasteiger partial charge in [-0.1, -0.05) is 84.9 Å². The molecule has 0 unspecified atom stereocenters. The molecule has 2 fully saturated rings. The first-order chi connectivity index (χ1) is 15.3. The molecule has 2 saturated heterocycles. The number of ether oxygens (including phenoxy) is 1. The fourth-order valence-electron chi connectivity index (χ4n) is 5.00. The molecule has 2 aliphatic rings. The number of rotatable bonds is 4. The topological polar surface area (TPSA) is 41.6 Å². The first-order valence-corrected chi connectivity index (χ1v) is 11.1. The fourth-order valence-corrected chi connectivity index (χ4v) is 5.00. The first kappa shape index (κ1) is 20.0. The Hall–Kier alpha value is -2.95. The van der Waals surface area contributed by atoms with Crippen LogP contribution in [-0.4, -0.2) is 43.7 Å². The van der Waals surface area contributed by atoms with E-state index in [-0.39, 0.29) is 23.8 Å². The number of nitrogens with one attached hydrogen (secondary N) is 1. The summed E-state index contributed by atoms with van der Waals surface area (Å²) in [7, 11) is 0. The van der Waals surface area contributed by atoms with E-state index in [0.29, 0.717) is 26.3 Å². The lowest BCUT2D eigenvalue weighted by atomic mass is 9.83. The van der Waals surface area contributed by atoms with Crippen molar-refractivity contribution in [1.82, 2.24) is 10.2 Å². The third-order valence-electron chi connectivity index (χ3n) is 6.57. The van der Waals surface area contributed by atoms with Crippen molar-refractivity contribution >= 4 is 5.91 Å². The minimum atomic E-state index is -0.0748. The number of amides is 1. The molecule has 0 saturated carbocycles. The number of carbonyl (C=O) groups excluding carboxylic acids is 1. The lowest BCUT2D eigenvalue weighted by Crippen LogP contribution is -2.47. The molecule has 2 aliphatic heterocycles. The van der Waals surface area contributed by atoms with Gasteiger partial charge >= 0.3 is 0 Å². The van der Waals surface area contributed by atoms with Gasteiger partial charge in [0.05, 0.1) is 25.2 Å².